The Bertz CT molecular complexity index is 708. The van der Waals surface area contributed by atoms with Crippen LogP contribution in [0.15, 0.2) is 84.9 Å². The molecule has 0 bridgehead atoms. The van der Waals surface area contributed by atoms with Crippen molar-refractivity contribution in [3.05, 3.63) is 107 Å². The third-order valence-corrected chi connectivity index (χ3v) is 4.40. The van der Waals surface area contributed by atoms with Gasteiger partial charge in [0.1, 0.15) is 0 Å². The van der Waals surface area contributed by atoms with Crippen molar-refractivity contribution in [1.82, 2.24) is 5.32 Å². The van der Waals surface area contributed by atoms with Crippen LogP contribution in [0, 0.1) is 6.92 Å². The zero-order chi connectivity index (χ0) is 16.1. The van der Waals surface area contributed by atoms with Crippen molar-refractivity contribution in [2.24, 2.45) is 0 Å². The molecule has 1 nitrogen and oxygen atoms in total. The topological polar surface area (TPSA) is 12.0 Å². The maximum Gasteiger partial charge on any atom is 0.0950 e. The van der Waals surface area contributed by atoms with Gasteiger partial charge in [-0.3, -0.25) is 0 Å². The van der Waals surface area contributed by atoms with Crippen LogP contribution in [0.4, 0.5) is 0 Å². The molecule has 3 aromatic carbocycles. The molecule has 0 fully saturated rings. The molecule has 3 aromatic rings. The van der Waals surface area contributed by atoms with Crippen LogP contribution < -0.4 is 5.32 Å². The Morgan fingerprint density at radius 2 is 1.17 bits per heavy atom. The van der Waals surface area contributed by atoms with Gasteiger partial charge in [0, 0.05) is 0 Å². The summed E-state index contributed by atoms with van der Waals surface area (Å²) in [6.07, 6.45) is 0. The van der Waals surface area contributed by atoms with Gasteiger partial charge in [-0.15, -0.1) is 0 Å². The SMILES string of the molecule is CCNC(c1ccccc1)(c1ccccc1)c1ccccc1C. The van der Waals surface area contributed by atoms with Gasteiger partial charge >= 0.3 is 0 Å². The minimum absolute atomic E-state index is 0.331. The van der Waals surface area contributed by atoms with E-state index in [4.69, 9.17) is 0 Å². The molecule has 0 saturated carbocycles. The fraction of sp³-hybridized carbons (Fsp3) is 0.182. The van der Waals surface area contributed by atoms with Crippen molar-refractivity contribution in [3.8, 4) is 0 Å². The zero-order valence-electron chi connectivity index (χ0n) is 13.8. The van der Waals surface area contributed by atoms with Crippen LogP contribution >= 0.6 is 0 Å². The smallest absolute Gasteiger partial charge is 0.0950 e. The Morgan fingerprint density at radius 1 is 0.696 bits per heavy atom. The Hall–Kier alpha value is -2.38. The first-order valence-electron chi connectivity index (χ1n) is 8.21. The van der Waals surface area contributed by atoms with Crippen LogP contribution in [-0.4, -0.2) is 6.54 Å². The molecule has 0 heterocycles. The van der Waals surface area contributed by atoms with Gasteiger partial charge in [0.25, 0.3) is 0 Å². The highest BCUT2D eigenvalue weighted by atomic mass is 15.0. The molecule has 0 saturated heterocycles. The lowest BCUT2D eigenvalue weighted by molar-refractivity contribution is 0.486. The van der Waals surface area contributed by atoms with E-state index in [1.807, 2.05) is 0 Å². The maximum atomic E-state index is 3.79. The average Bonchev–Trinajstić information content (AvgIpc) is 2.62. The summed E-state index contributed by atoms with van der Waals surface area (Å²) in [5, 5.41) is 3.79. The maximum absolute atomic E-state index is 3.79. The van der Waals surface area contributed by atoms with E-state index in [0.29, 0.717) is 0 Å². The average molecular weight is 301 g/mol. The summed E-state index contributed by atoms with van der Waals surface area (Å²) < 4.78 is 0. The molecule has 0 amide bonds. The quantitative estimate of drug-likeness (QED) is 0.661. The van der Waals surface area contributed by atoms with Crippen LogP contribution in [-0.2, 0) is 5.54 Å². The molecule has 0 spiro atoms. The zero-order valence-corrected chi connectivity index (χ0v) is 13.8. The molecule has 3 rings (SSSR count). The van der Waals surface area contributed by atoms with Crippen molar-refractivity contribution in [2.45, 2.75) is 19.4 Å². The minimum atomic E-state index is -0.331. The van der Waals surface area contributed by atoms with Gasteiger partial charge in [-0.1, -0.05) is 91.9 Å². The number of aryl methyl sites for hydroxylation is 1. The Kier molecular flexibility index (Phi) is 4.59. The highest BCUT2D eigenvalue weighted by Gasteiger charge is 2.36. The number of benzene rings is 3. The van der Waals surface area contributed by atoms with Crippen LogP contribution in [0.3, 0.4) is 0 Å². The molecule has 0 aliphatic carbocycles. The van der Waals surface area contributed by atoms with Crippen molar-refractivity contribution in [1.29, 1.82) is 0 Å². The summed E-state index contributed by atoms with van der Waals surface area (Å²) >= 11 is 0. The lowest BCUT2D eigenvalue weighted by Crippen LogP contribution is -2.45. The van der Waals surface area contributed by atoms with E-state index in [1.54, 1.807) is 0 Å². The summed E-state index contributed by atoms with van der Waals surface area (Å²) in [7, 11) is 0. The second-order valence-corrected chi connectivity index (χ2v) is 5.83. The Balaban J connectivity index is 2.34. The van der Waals surface area contributed by atoms with Crippen molar-refractivity contribution in [2.75, 3.05) is 6.54 Å². The summed E-state index contributed by atoms with van der Waals surface area (Å²) in [6.45, 7) is 5.24. The molecular formula is C22H23N. The molecule has 0 aliphatic rings. The first-order chi connectivity index (χ1) is 11.3. The standard InChI is InChI=1S/C22H23N/c1-3-23-22(19-13-6-4-7-14-19,20-15-8-5-9-16-20)21-17-11-10-12-18(21)2/h4-17,23H,3H2,1-2H3. The minimum Gasteiger partial charge on any atom is -0.300 e. The summed E-state index contributed by atoms with van der Waals surface area (Å²) in [5.74, 6) is 0. The van der Waals surface area contributed by atoms with E-state index in [0.717, 1.165) is 6.54 Å². The Morgan fingerprint density at radius 3 is 1.65 bits per heavy atom. The van der Waals surface area contributed by atoms with Gasteiger partial charge in [-0.2, -0.15) is 0 Å². The molecule has 23 heavy (non-hydrogen) atoms. The van der Waals surface area contributed by atoms with Gasteiger partial charge in [0.05, 0.1) is 5.54 Å². The molecular weight excluding hydrogens is 278 g/mol. The van der Waals surface area contributed by atoms with Crippen LogP contribution in [0.25, 0.3) is 0 Å². The first kappa shape index (κ1) is 15.5. The van der Waals surface area contributed by atoms with E-state index < -0.39 is 0 Å². The third-order valence-electron chi connectivity index (χ3n) is 4.40. The van der Waals surface area contributed by atoms with E-state index >= 15 is 0 Å². The van der Waals surface area contributed by atoms with Gasteiger partial charge in [-0.05, 0) is 35.7 Å². The second kappa shape index (κ2) is 6.80. The summed E-state index contributed by atoms with van der Waals surface area (Å²) in [4.78, 5) is 0. The summed E-state index contributed by atoms with van der Waals surface area (Å²) in [6, 6.07) is 30.1. The second-order valence-electron chi connectivity index (χ2n) is 5.83. The molecule has 1 N–H and O–H groups in total. The lowest BCUT2D eigenvalue weighted by Gasteiger charge is -2.38. The molecule has 0 unspecified atom stereocenters. The molecule has 0 aromatic heterocycles. The third kappa shape index (κ3) is 2.80. The predicted molar refractivity (Wildman–Crippen MR) is 97.6 cm³/mol. The van der Waals surface area contributed by atoms with E-state index in [2.05, 4.69) is 104 Å². The fourth-order valence-electron chi connectivity index (χ4n) is 3.41. The number of rotatable bonds is 5. The summed E-state index contributed by atoms with van der Waals surface area (Å²) in [5.41, 5.74) is 4.80. The molecule has 0 radical (unpaired) electrons. The molecule has 0 atom stereocenters. The van der Waals surface area contributed by atoms with Gasteiger partial charge in [0.15, 0.2) is 0 Å². The normalized spacial score (nSPS) is 11.4. The largest absolute Gasteiger partial charge is 0.300 e. The van der Waals surface area contributed by atoms with E-state index in [-0.39, 0.29) is 5.54 Å². The first-order valence-corrected chi connectivity index (χ1v) is 8.21. The van der Waals surface area contributed by atoms with Gasteiger partial charge < -0.3 is 5.32 Å². The predicted octanol–water partition coefficient (Wildman–Crippen LogP) is 4.90. The van der Waals surface area contributed by atoms with Crippen LogP contribution in [0.5, 0.6) is 0 Å². The highest BCUT2D eigenvalue weighted by molar-refractivity contribution is 5.51. The molecule has 1 heteroatoms. The van der Waals surface area contributed by atoms with Crippen LogP contribution in [0.2, 0.25) is 0 Å². The fourth-order valence-corrected chi connectivity index (χ4v) is 3.41. The molecule has 116 valence electrons. The lowest BCUT2D eigenvalue weighted by atomic mass is 9.75. The van der Waals surface area contributed by atoms with Crippen molar-refractivity contribution >= 4 is 0 Å². The van der Waals surface area contributed by atoms with Gasteiger partial charge in [0.2, 0.25) is 0 Å². The van der Waals surface area contributed by atoms with E-state index in [1.165, 1.54) is 22.3 Å². The number of hydrogen-bond donors (Lipinski definition) is 1. The van der Waals surface area contributed by atoms with Crippen molar-refractivity contribution in [3.63, 3.8) is 0 Å². The number of nitrogens with one attached hydrogen (secondary N) is 1. The molecule has 0 aliphatic heterocycles. The van der Waals surface area contributed by atoms with Gasteiger partial charge in [-0.25, -0.2) is 0 Å². The van der Waals surface area contributed by atoms with Crippen molar-refractivity contribution < 1.29 is 0 Å². The number of hydrogen-bond acceptors (Lipinski definition) is 1. The van der Waals surface area contributed by atoms with E-state index in [9.17, 15) is 0 Å². The van der Waals surface area contributed by atoms with Crippen LogP contribution in [0.1, 0.15) is 29.2 Å². The Labute approximate surface area is 139 Å². The monoisotopic (exact) mass is 301 g/mol. The highest BCUT2D eigenvalue weighted by Crippen LogP contribution is 2.38.